The Morgan fingerprint density at radius 2 is 2.05 bits per heavy atom. The third-order valence-corrected chi connectivity index (χ3v) is 2.65. The Hall–Kier alpha value is -2.37. The molecule has 0 aliphatic carbocycles. The summed E-state index contributed by atoms with van der Waals surface area (Å²) in [6.45, 7) is 4.52. The minimum atomic E-state index is -0.439. The Balaban J connectivity index is 1.89. The maximum absolute atomic E-state index is 11.1. The van der Waals surface area contributed by atoms with Crippen LogP contribution in [-0.4, -0.2) is 29.4 Å². The number of alkyl carbamates (subject to hydrolysis) is 1. The van der Waals surface area contributed by atoms with Crippen LogP contribution in [0.25, 0.3) is 11.5 Å². The zero-order chi connectivity index (χ0) is 14.4. The average molecular weight is 275 g/mol. The molecule has 1 amide bonds. The fourth-order valence-corrected chi connectivity index (χ4v) is 1.62. The number of rotatable bonds is 5. The van der Waals surface area contributed by atoms with Gasteiger partial charge in [-0.2, -0.15) is 0 Å². The first-order valence-corrected chi connectivity index (χ1v) is 6.49. The number of carbonyl (C=O) groups is 1. The molecule has 0 radical (unpaired) electrons. The first kappa shape index (κ1) is 14.0. The van der Waals surface area contributed by atoms with Crippen LogP contribution in [0.1, 0.15) is 18.4 Å². The fourth-order valence-electron chi connectivity index (χ4n) is 1.62. The van der Waals surface area contributed by atoms with Gasteiger partial charge in [0.15, 0.2) is 0 Å². The maximum Gasteiger partial charge on any atom is 0.407 e. The van der Waals surface area contributed by atoms with Crippen LogP contribution in [0.4, 0.5) is 4.79 Å². The van der Waals surface area contributed by atoms with Gasteiger partial charge in [-0.1, -0.05) is 17.7 Å². The predicted molar refractivity (Wildman–Crippen MR) is 73.2 cm³/mol. The van der Waals surface area contributed by atoms with E-state index in [9.17, 15) is 4.79 Å². The Kier molecular flexibility index (Phi) is 4.70. The van der Waals surface area contributed by atoms with Crippen LogP contribution in [-0.2, 0) is 11.2 Å². The highest BCUT2D eigenvalue weighted by atomic mass is 16.5. The van der Waals surface area contributed by atoms with E-state index in [4.69, 9.17) is 9.15 Å². The molecule has 6 nitrogen and oxygen atoms in total. The summed E-state index contributed by atoms with van der Waals surface area (Å²) < 4.78 is 10.3. The van der Waals surface area contributed by atoms with Crippen molar-refractivity contribution in [3.8, 4) is 11.5 Å². The van der Waals surface area contributed by atoms with Gasteiger partial charge in [-0.3, -0.25) is 0 Å². The molecule has 106 valence electrons. The third kappa shape index (κ3) is 3.81. The number of hydrogen-bond acceptors (Lipinski definition) is 5. The van der Waals surface area contributed by atoms with Crippen LogP contribution in [0.3, 0.4) is 0 Å². The highest BCUT2D eigenvalue weighted by molar-refractivity contribution is 5.66. The number of aryl methyl sites for hydroxylation is 1. The van der Waals surface area contributed by atoms with Crippen LogP contribution in [0.5, 0.6) is 0 Å². The summed E-state index contributed by atoms with van der Waals surface area (Å²) >= 11 is 0. The number of nitrogens with one attached hydrogen (secondary N) is 1. The number of ether oxygens (including phenoxy) is 1. The monoisotopic (exact) mass is 275 g/mol. The average Bonchev–Trinajstić information content (AvgIpc) is 2.89. The second-order valence-electron chi connectivity index (χ2n) is 4.26. The number of amides is 1. The molecule has 0 aliphatic heterocycles. The predicted octanol–water partition coefficient (Wildman–Crippen LogP) is 2.33. The summed E-state index contributed by atoms with van der Waals surface area (Å²) in [5.74, 6) is 0.966. The van der Waals surface area contributed by atoms with Crippen LogP contribution >= 0.6 is 0 Å². The minimum absolute atomic E-state index is 0.351. The summed E-state index contributed by atoms with van der Waals surface area (Å²) in [5, 5.41) is 10.5. The van der Waals surface area contributed by atoms with E-state index in [-0.39, 0.29) is 0 Å². The summed E-state index contributed by atoms with van der Waals surface area (Å²) in [6.07, 6.45) is 0.0308. The summed E-state index contributed by atoms with van der Waals surface area (Å²) in [7, 11) is 0. The fraction of sp³-hybridized carbons (Fsp3) is 0.357. The van der Waals surface area contributed by atoms with Crippen molar-refractivity contribution < 1.29 is 13.9 Å². The van der Waals surface area contributed by atoms with Crippen molar-refractivity contribution in [2.45, 2.75) is 20.3 Å². The molecular formula is C14H17N3O3. The van der Waals surface area contributed by atoms with Gasteiger partial charge in [0.25, 0.3) is 0 Å². The molecule has 1 aromatic heterocycles. The second kappa shape index (κ2) is 6.70. The smallest absolute Gasteiger partial charge is 0.407 e. The van der Waals surface area contributed by atoms with Crippen LogP contribution in [0.15, 0.2) is 28.7 Å². The van der Waals surface area contributed by atoms with E-state index >= 15 is 0 Å². The molecule has 0 atom stereocenters. The highest BCUT2D eigenvalue weighted by Gasteiger charge is 2.08. The maximum atomic E-state index is 11.1. The molecule has 20 heavy (non-hydrogen) atoms. The number of nitrogens with zero attached hydrogens (tertiary/aromatic N) is 2. The van der Waals surface area contributed by atoms with Gasteiger partial charge in [0.2, 0.25) is 11.8 Å². The number of benzene rings is 1. The van der Waals surface area contributed by atoms with Gasteiger partial charge in [0.05, 0.1) is 6.61 Å². The molecule has 0 fully saturated rings. The van der Waals surface area contributed by atoms with Crippen LogP contribution < -0.4 is 5.32 Å². The zero-order valence-electron chi connectivity index (χ0n) is 11.5. The third-order valence-electron chi connectivity index (χ3n) is 2.65. The number of aromatic nitrogens is 2. The lowest BCUT2D eigenvalue weighted by molar-refractivity contribution is 0.152. The molecule has 0 bridgehead atoms. The zero-order valence-corrected chi connectivity index (χ0v) is 11.5. The summed E-state index contributed by atoms with van der Waals surface area (Å²) in [5.41, 5.74) is 2.06. The topological polar surface area (TPSA) is 77.2 Å². The molecule has 1 aromatic carbocycles. The lowest BCUT2D eigenvalue weighted by atomic mass is 10.1. The molecular weight excluding hydrogens is 258 g/mol. The van der Waals surface area contributed by atoms with Gasteiger partial charge < -0.3 is 14.5 Å². The van der Waals surface area contributed by atoms with E-state index in [2.05, 4.69) is 15.5 Å². The van der Waals surface area contributed by atoms with Crippen molar-refractivity contribution in [1.82, 2.24) is 15.5 Å². The molecule has 6 heteroatoms. The summed E-state index contributed by atoms with van der Waals surface area (Å²) in [4.78, 5) is 11.1. The van der Waals surface area contributed by atoms with Crippen molar-refractivity contribution in [3.05, 3.63) is 35.7 Å². The van der Waals surface area contributed by atoms with Crippen molar-refractivity contribution in [2.24, 2.45) is 0 Å². The number of hydrogen-bond donors (Lipinski definition) is 1. The van der Waals surface area contributed by atoms with Crippen molar-refractivity contribution >= 4 is 6.09 Å². The molecule has 0 saturated heterocycles. The van der Waals surface area contributed by atoms with Crippen molar-refractivity contribution in [2.75, 3.05) is 13.2 Å². The van der Waals surface area contributed by atoms with Gasteiger partial charge in [0, 0.05) is 18.5 Å². The van der Waals surface area contributed by atoms with E-state index in [0.717, 1.165) is 5.56 Å². The minimum Gasteiger partial charge on any atom is -0.450 e. The molecule has 0 saturated carbocycles. The second-order valence-corrected chi connectivity index (χ2v) is 4.26. The quantitative estimate of drug-likeness (QED) is 0.906. The van der Waals surface area contributed by atoms with Crippen molar-refractivity contribution in [1.29, 1.82) is 0 Å². The Morgan fingerprint density at radius 3 is 2.75 bits per heavy atom. The van der Waals surface area contributed by atoms with Crippen molar-refractivity contribution in [3.63, 3.8) is 0 Å². The molecule has 1 N–H and O–H groups in total. The SMILES string of the molecule is CCOC(=O)NCCc1nnc(-c2ccc(C)cc2)o1. The van der Waals surface area contributed by atoms with Gasteiger partial charge in [-0.15, -0.1) is 10.2 Å². The largest absolute Gasteiger partial charge is 0.450 e. The molecule has 1 heterocycles. The lowest BCUT2D eigenvalue weighted by Crippen LogP contribution is -2.26. The number of carbonyl (C=O) groups excluding carboxylic acids is 1. The van der Waals surface area contributed by atoms with E-state index in [1.165, 1.54) is 5.56 Å². The highest BCUT2D eigenvalue weighted by Crippen LogP contribution is 2.18. The molecule has 0 unspecified atom stereocenters. The van der Waals surface area contributed by atoms with E-state index in [1.807, 2.05) is 31.2 Å². The molecule has 2 rings (SSSR count). The van der Waals surface area contributed by atoms with Gasteiger partial charge >= 0.3 is 6.09 Å². The van der Waals surface area contributed by atoms with Crippen LogP contribution in [0, 0.1) is 6.92 Å². The molecule has 0 aliphatic rings. The van der Waals surface area contributed by atoms with E-state index in [0.29, 0.717) is 31.4 Å². The van der Waals surface area contributed by atoms with Gasteiger partial charge in [0.1, 0.15) is 0 Å². The van der Waals surface area contributed by atoms with E-state index in [1.54, 1.807) is 6.92 Å². The Labute approximate surface area is 117 Å². The van der Waals surface area contributed by atoms with E-state index < -0.39 is 6.09 Å². The summed E-state index contributed by atoms with van der Waals surface area (Å²) in [6, 6.07) is 7.84. The van der Waals surface area contributed by atoms with Gasteiger partial charge in [-0.25, -0.2) is 4.79 Å². The Bertz CT molecular complexity index is 563. The normalized spacial score (nSPS) is 10.3. The molecule has 2 aromatic rings. The van der Waals surface area contributed by atoms with Gasteiger partial charge in [-0.05, 0) is 26.0 Å². The first-order valence-electron chi connectivity index (χ1n) is 6.49. The first-order chi connectivity index (χ1) is 9.69. The lowest BCUT2D eigenvalue weighted by Gasteiger charge is -2.02. The van der Waals surface area contributed by atoms with Crippen LogP contribution in [0.2, 0.25) is 0 Å². The standard InChI is InChI=1S/C14H17N3O3/c1-3-19-14(18)15-9-8-12-16-17-13(20-12)11-6-4-10(2)5-7-11/h4-7H,3,8-9H2,1-2H3,(H,15,18). The Morgan fingerprint density at radius 1 is 1.30 bits per heavy atom. The molecule has 0 spiro atoms.